The fourth-order valence-corrected chi connectivity index (χ4v) is 3.91. The molecule has 2 saturated carbocycles. The second-order valence-electron chi connectivity index (χ2n) is 6.83. The number of nitrogens with one attached hydrogen (secondary N) is 1. The first-order valence-corrected chi connectivity index (χ1v) is 8.72. The van der Waals surface area contributed by atoms with E-state index in [0.717, 1.165) is 11.8 Å². The van der Waals surface area contributed by atoms with Crippen LogP contribution < -0.4 is 5.32 Å². The summed E-state index contributed by atoms with van der Waals surface area (Å²) in [6, 6.07) is 11.7. The van der Waals surface area contributed by atoms with E-state index in [0.29, 0.717) is 6.04 Å². The molecule has 0 bridgehead atoms. The Hall–Kier alpha value is -0.820. The third kappa shape index (κ3) is 3.63. The van der Waals surface area contributed by atoms with Gasteiger partial charge in [-0.1, -0.05) is 68.9 Å². The van der Waals surface area contributed by atoms with E-state index < -0.39 is 0 Å². The lowest BCUT2D eigenvalue weighted by Crippen LogP contribution is -2.32. The molecule has 0 amide bonds. The molecule has 1 atom stereocenters. The van der Waals surface area contributed by atoms with Crippen molar-refractivity contribution in [1.29, 1.82) is 0 Å². The number of hydrogen-bond donors (Lipinski definition) is 1. The van der Waals surface area contributed by atoms with Crippen molar-refractivity contribution in [1.82, 2.24) is 5.32 Å². The largest absolute Gasteiger partial charge is 0.310 e. The highest BCUT2D eigenvalue weighted by Gasteiger charge is 2.25. The van der Waals surface area contributed by atoms with Crippen molar-refractivity contribution in [2.75, 3.05) is 6.54 Å². The van der Waals surface area contributed by atoms with Crippen LogP contribution in [0.4, 0.5) is 0 Å². The number of rotatable bonds is 6. The zero-order valence-corrected chi connectivity index (χ0v) is 12.7. The van der Waals surface area contributed by atoms with Gasteiger partial charge in [0.25, 0.3) is 0 Å². The lowest BCUT2D eigenvalue weighted by atomic mass is 9.80. The normalized spacial score (nSPS) is 22.4. The van der Waals surface area contributed by atoms with Gasteiger partial charge >= 0.3 is 0 Å². The summed E-state index contributed by atoms with van der Waals surface area (Å²) >= 11 is 0. The molecule has 1 aromatic carbocycles. The van der Waals surface area contributed by atoms with Crippen molar-refractivity contribution in [2.24, 2.45) is 11.8 Å². The first-order chi connectivity index (χ1) is 9.93. The maximum absolute atomic E-state index is 3.90. The Bertz CT molecular complexity index is 376. The minimum absolute atomic E-state index is 0.594. The Morgan fingerprint density at radius 2 is 1.65 bits per heavy atom. The summed E-state index contributed by atoms with van der Waals surface area (Å²) in [6.07, 6.45) is 12.9. The van der Waals surface area contributed by atoms with Crippen molar-refractivity contribution < 1.29 is 0 Å². The lowest BCUT2D eigenvalue weighted by molar-refractivity contribution is 0.248. The molecule has 20 heavy (non-hydrogen) atoms. The van der Waals surface area contributed by atoms with Crippen molar-refractivity contribution in [3.05, 3.63) is 35.9 Å². The maximum atomic E-state index is 3.90. The van der Waals surface area contributed by atoms with E-state index in [1.165, 1.54) is 69.9 Å². The molecule has 1 N–H and O–H groups in total. The first kappa shape index (κ1) is 14.1. The lowest BCUT2D eigenvalue weighted by Gasteiger charge is -2.33. The van der Waals surface area contributed by atoms with Gasteiger partial charge in [-0.15, -0.1) is 0 Å². The third-order valence-electron chi connectivity index (χ3n) is 5.42. The van der Waals surface area contributed by atoms with E-state index in [4.69, 9.17) is 0 Å². The molecule has 0 heterocycles. The van der Waals surface area contributed by atoms with Gasteiger partial charge in [-0.05, 0) is 43.2 Å². The van der Waals surface area contributed by atoms with E-state index >= 15 is 0 Å². The molecule has 2 fully saturated rings. The van der Waals surface area contributed by atoms with Crippen LogP contribution >= 0.6 is 0 Å². The highest BCUT2D eigenvalue weighted by molar-refractivity contribution is 5.19. The molecule has 2 aliphatic rings. The van der Waals surface area contributed by atoms with Gasteiger partial charge in [-0.3, -0.25) is 0 Å². The van der Waals surface area contributed by atoms with Crippen molar-refractivity contribution in [3.8, 4) is 0 Å². The van der Waals surface area contributed by atoms with Crippen LogP contribution in [-0.2, 0) is 0 Å². The number of benzene rings is 1. The van der Waals surface area contributed by atoms with Gasteiger partial charge in [0.1, 0.15) is 0 Å². The van der Waals surface area contributed by atoms with Crippen LogP contribution in [0.25, 0.3) is 0 Å². The fraction of sp³-hybridized carbons (Fsp3) is 0.684. The van der Waals surface area contributed by atoms with Crippen LogP contribution in [-0.4, -0.2) is 6.54 Å². The predicted molar refractivity (Wildman–Crippen MR) is 85.7 cm³/mol. The topological polar surface area (TPSA) is 12.0 Å². The van der Waals surface area contributed by atoms with Crippen LogP contribution in [0.2, 0.25) is 0 Å². The second-order valence-corrected chi connectivity index (χ2v) is 6.83. The molecule has 0 aromatic heterocycles. The monoisotopic (exact) mass is 271 g/mol. The van der Waals surface area contributed by atoms with Crippen LogP contribution in [0.5, 0.6) is 0 Å². The maximum Gasteiger partial charge on any atom is 0.0348 e. The van der Waals surface area contributed by atoms with Gasteiger partial charge < -0.3 is 5.32 Å². The first-order valence-electron chi connectivity index (χ1n) is 8.72. The van der Waals surface area contributed by atoms with Crippen LogP contribution in [0.15, 0.2) is 30.3 Å². The van der Waals surface area contributed by atoms with Gasteiger partial charge in [0, 0.05) is 6.04 Å². The average Bonchev–Trinajstić information content (AvgIpc) is 2.47. The molecule has 0 radical (unpaired) electrons. The SMILES string of the molecule is c1ccc(C(NCCC2CCC2)C2CCCCC2)cc1. The van der Waals surface area contributed by atoms with Crippen molar-refractivity contribution >= 4 is 0 Å². The third-order valence-corrected chi connectivity index (χ3v) is 5.42. The van der Waals surface area contributed by atoms with Crippen LogP contribution in [0.3, 0.4) is 0 Å². The predicted octanol–water partition coefficient (Wildman–Crippen LogP) is 5.09. The summed E-state index contributed by atoms with van der Waals surface area (Å²) in [4.78, 5) is 0. The smallest absolute Gasteiger partial charge is 0.0348 e. The summed E-state index contributed by atoms with van der Waals surface area (Å²) < 4.78 is 0. The molecule has 1 heteroatoms. The van der Waals surface area contributed by atoms with Crippen molar-refractivity contribution in [3.63, 3.8) is 0 Å². The minimum atomic E-state index is 0.594. The molecule has 0 saturated heterocycles. The molecule has 110 valence electrons. The van der Waals surface area contributed by atoms with Crippen molar-refractivity contribution in [2.45, 2.75) is 63.8 Å². The Morgan fingerprint density at radius 3 is 2.30 bits per heavy atom. The molecule has 1 nitrogen and oxygen atoms in total. The van der Waals surface area contributed by atoms with Gasteiger partial charge in [0.2, 0.25) is 0 Å². The van der Waals surface area contributed by atoms with Gasteiger partial charge in [0.05, 0.1) is 0 Å². The summed E-state index contributed by atoms with van der Waals surface area (Å²) in [6.45, 7) is 1.21. The van der Waals surface area contributed by atoms with E-state index in [1.54, 1.807) is 0 Å². The van der Waals surface area contributed by atoms with Crippen LogP contribution in [0, 0.1) is 11.8 Å². The molecular formula is C19H29N. The average molecular weight is 271 g/mol. The van der Waals surface area contributed by atoms with Gasteiger partial charge in [-0.2, -0.15) is 0 Å². The molecule has 0 aliphatic heterocycles. The summed E-state index contributed by atoms with van der Waals surface area (Å²) in [5.74, 6) is 1.87. The Labute approximate surface area is 124 Å². The molecule has 1 unspecified atom stereocenters. The highest BCUT2D eigenvalue weighted by atomic mass is 14.9. The minimum Gasteiger partial charge on any atom is -0.310 e. The summed E-state index contributed by atoms with van der Waals surface area (Å²) in [5.41, 5.74) is 1.51. The van der Waals surface area contributed by atoms with Gasteiger partial charge in [0.15, 0.2) is 0 Å². The standard InChI is InChI=1S/C19H29N/c1-3-10-17(11-4-1)19(18-12-5-2-6-13-18)20-15-14-16-8-7-9-16/h1,3-4,10-11,16,18-20H,2,5-9,12-15H2. The van der Waals surface area contributed by atoms with E-state index in [-0.39, 0.29) is 0 Å². The summed E-state index contributed by atoms with van der Waals surface area (Å²) in [7, 11) is 0. The fourth-order valence-electron chi connectivity index (χ4n) is 3.91. The number of hydrogen-bond acceptors (Lipinski definition) is 1. The second kappa shape index (κ2) is 7.26. The molecule has 1 aromatic rings. The zero-order chi connectivity index (χ0) is 13.6. The van der Waals surface area contributed by atoms with E-state index in [9.17, 15) is 0 Å². The Morgan fingerprint density at radius 1 is 0.900 bits per heavy atom. The Kier molecular flexibility index (Phi) is 5.13. The summed E-state index contributed by atoms with van der Waals surface area (Å²) in [5, 5.41) is 3.90. The van der Waals surface area contributed by atoms with E-state index in [1.807, 2.05) is 0 Å². The zero-order valence-electron chi connectivity index (χ0n) is 12.7. The molecular weight excluding hydrogens is 242 g/mol. The highest BCUT2D eigenvalue weighted by Crippen LogP contribution is 2.35. The molecule has 2 aliphatic carbocycles. The quantitative estimate of drug-likeness (QED) is 0.760. The van der Waals surface area contributed by atoms with E-state index in [2.05, 4.69) is 35.6 Å². The molecule has 0 spiro atoms. The Balaban J connectivity index is 1.59. The molecule has 3 rings (SSSR count). The van der Waals surface area contributed by atoms with Crippen LogP contribution in [0.1, 0.15) is 69.4 Å². The van der Waals surface area contributed by atoms with Gasteiger partial charge in [-0.25, -0.2) is 0 Å².